The van der Waals surface area contributed by atoms with Gasteiger partial charge in [-0.2, -0.15) is 0 Å². The van der Waals surface area contributed by atoms with E-state index in [4.69, 9.17) is 14.2 Å². The van der Waals surface area contributed by atoms with Crippen molar-refractivity contribution < 1.29 is 14.2 Å². The molecule has 3 atom stereocenters. The highest BCUT2D eigenvalue weighted by atomic mass is 16.5. The van der Waals surface area contributed by atoms with Crippen molar-refractivity contribution in [1.29, 1.82) is 0 Å². The van der Waals surface area contributed by atoms with E-state index in [2.05, 4.69) is 17.4 Å². The molecule has 1 aliphatic carbocycles. The van der Waals surface area contributed by atoms with Crippen LogP contribution in [0.1, 0.15) is 23.6 Å². The number of benzene rings is 1. The van der Waals surface area contributed by atoms with Crippen LogP contribution in [-0.4, -0.2) is 40.1 Å². The van der Waals surface area contributed by atoms with Crippen LogP contribution in [0.25, 0.3) is 0 Å². The van der Waals surface area contributed by atoms with Gasteiger partial charge >= 0.3 is 0 Å². The summed E-state index contributed by atoms with van der Waals surface area (Å²) in [5.74, 6) is 1.47. The third-order valence-electron chi connectivity index (χ3n) is 4.36. The Balaban J connectivity index is 1.67. The van der Waals surface area contributed by atoms with E-state index >= 15 is 0 Å². The van der Waals surface area contributed by atoms with E-state index < -0.39 is 0 Å². The van der Waals surface area contributed by atoms with Gasteiger partial charge in [-0.15, -0.1) is 0 Å². The van der Waals surface area contributed by atoms with Gasteiger partial charge in [-0.1, -0.05) is 6.07 Å². The Bertz CT molecular complexity index is 457. The molecule has 1 aliphatic heterocycles. The standard InChI is InChI=1S/C16H23NO3/c1-17-16-14-8-13(18-2)4-3-12(14)7-15(16)20-10-11-5-6-19-9-11/h3-4,8,11,15-17H,5-7,9-10H2,1-2H3. The lowest BCUT2D eigenvalue weighted by Crippen LogP contribution is -2.30. The summed E-state index contributed by atoms with van der Waals surface area (Å²) in [5.41, 5.74) is 2.66. The summed E-state index contributed by atoms with van der Waals surface area (Å²) >= 11 is 0. The molecule has 1 N–H and O–H groups in total. The molecule has 1 fully saturated rings. The predicted octanol–water partition coefficient (Wildman–Crippen LogP) is 1.93. The third kappa shape index (κ3) is 2.68. The van der Waals surface area contributed by atoms with Gasteiger partial charge in [0.1, 0.15) is 5.75 Å². The van der Waals surface area contributed by atoms with Crippen molar-refractivity contribution >= 4 is 0 Å². The van der Waals surface area contributed by atoms with Crippen LogP contribution in [0.4, 0.5) is 0 Å². The fourth-order valence-corrected chi connectivity index (χ4v) is 3.18. The van der Waals surface area contributed by atoms with Crippen LogP contribution in [0.15, 0.2) is 18.2 Å². The highest BCUT2D eigenvalue weighted by Gasteiger charge is 2.33. The summed E-state index contributed by atoms with van der Waals surface area (Å²) in [7, 11) is 3.70. The first kappa shape index (κ1) is 13.9. The molecule has 110 valence electrons. The van der Waals surface area contributed by atoms with Crippen LogP contribution in [0, 0.1) is 5.92 Å². The van der Waals surface area contributed by atoms with E-state index in [0.717, 1.165) is 38.4 Å². The molecule has 1 heterocycles. The summed E-state index contributed by atoms with van der Waals surface area (Å²) in [6, 6.07) is 6.56. The van der Waals surface area contributed by atoms with Crippen LogP contribution in [0.5, 0.6) is 5.75 Å². The van der Waals surface area contributed by atoms with Crippen molar-refractivity contribution in [3.05, 3.63) is 29.3 Å². The topological polar surface area (TPSA) is 39.7 Å². The molecule has 1 aromatic carbocycles. The van der Waals surface area contributed by atoms with E-state index in [1.54, 1.807) is 7.11 Å². The first-order valence-electron chi connectivity index (χ1n) is 7.35. The largest absolute Gasteiger partial charge is 0.497 e. The van der Waals surface area contributed by atoms with Gasteiger partial charge in [0.05, 0.1) is 32.5 Å². The molecule has 3 rings (SSSR count). The zero-order chi connectivity index (χ0) is 13.9. The number of nitrogens with one attached hydrogen (secondary N) is 1. The molecule has 20 heavy (non-hydrogen) atoms. The molecule has 0 bridgehead atoms. The van der Waals surface area contributed by atoms with Gasteiger partial charge in [0.2, 0.25) is 0 Å². The Hall–Kier alpha value is -1.10. The van der Waals surface area contributed by atoms with E-state index in [-0.39, 0.29) is 12.1 Å². The lowest BCUT2D eigenvalue weighted by molar-refractivity contribution is 0.0126. The minimum Gasteiger partial charge on any atom is -0.497 e. The van der Waals surface area contributed by atoms with Crippen LogP contribution < -0.4 is 10.1 Å². The molecule has 1 saturated heterocycles. The van der Waals surface area contributed by atoms with Crippen LogP contribution in [0.2, 0.25) is 0 Å². The summed E-state index contributed by atoms with van der Waals surface area (Å²) in [5, 5.41) is 3.39. The molecule has 0 radical (unpaired) electrons. The van der Waals surface area contributed by atoms with Gasteiger partial charge in [0, 0.05) is 18.9 Å². The first-order valence-corrected chi connectivity index (χ1v) is 7.35. The zero-order valence-corrected chi connectivity index (χ0v) is 12.2. The molecule has 2 aliphatic rings. The van der Waals surface area contributed by atoms with Crippen molar-refractivity contribution in [3.8, 4) is 5.75 Å². The van der Waals surface area contributed by atoms with E-state index in [9.17, 15) is 0 Å². The maximum Gasteiger partial charge on any atom is 0.119 e. The molecular formula is C16H23NO3. The minimum absolute atomic E-state index is 0.211. The highest BCUT2D eigenvalue weighted by molar-refractivity contribution is 5.42. The van der Waals surface area contributed by atoms with Gasteiger partial charge in [-0.05, 0) is 36.7 Å². The second-order valence-corrected chi connectivity index (χ2v) is 5.64. The van der Waals surface area contributed by atoms with Crippen molar-refractivity contribution in [2.45, 2.75) is 25.0 Å². The second kappa shape index (κ2) is 6.12. The fourth-order valence-electron chi connectivity index (χ4n) is 3.18. The Morgan fingerprint density at radius 1 is 1.40 bits per heavy atom. The van der Waals surface area contributed by atoms with Gasteiger partial charge in [0.25, 0.3) is 0 Å². The summed E-state index contributed by atoms with van der Waals surface area (Å²) in [6.45, 7) is 2.53. The van der Waals surface area contributed by atoms with Crippen molar-refractivity contribution in [2.75, 3.05) is 34.0 Å². The lowest BCUT2D eigenvalue weighted by atomic mass is 10.1. The van der Waals surface area contributed by atoms with Crippen molar-refractivity contribution in [1.82, 2.24) is 5.32 Å². The predicted molar refractivity (Wildman–Crippen MR) is 77.2 cm³/mol. The second-order valence-electron chi connectivity index (χ2n) is 5.64. The van der Waals surface area contributed by atoms with Gasteiger partial charge in [-0.3, -0.25) is 0 Å². The normalized spacial score (nSPS) is 28.6. The number of likely N-dealkylation sites (N-methyl/N-ethyl adjacent to an activating group) is 1. The quantitative estimate of drug-likeness (QED) is 0.893. The molecule has 0 amide bonds. The number of hydrogen-bond donors (Lipinski definition) is 1. The zero-order valence-electron chi connectivity index (χ0n) is 12.2. The smallest absolute Gasteiger partial charge is 0.119 e. The van der Waals surface area contributed by atoms with Crippen LogP contribution >= 0.6 is 0 Å². The average molecular weight is 277 g/mol. The van der Waals surface area contributed by atoms with E-state index in [1.165, 1.54) is 11.1 Å². The minimum atomic E-state index is 0.211. The molecule has 0 spiro atoms. The van der Waals surface area contributed by atoms with Gasteiger partial charge < -0.3 is 19.5 Å². The Kier molecular flexibility index (Phi) is 4.24. The molecule has 0 saturated carbocycles. The number of methoxy groups -OCH3 is 1. The third-order valence-corrected chi connectivity index (χ3v) is 4.36. The maximum absolute atomic E-state index is 6.16. The van der Waals surface area contributed by atoms with Crippen LogP contribution in [0.3, 0.4) is 0 Å². The molecule has 1 aromatic rings. The fraction of sp³-hybridized carbons (Fsp3) is 0.625. The maximum atomic E-state index is 6.16. The number of hydrogen-bond acceptors (Lipinski definition) is 4. The molecule has 3 unspecified atom stereocenters. The Morgan fingerprint density at radius 3 is 3.00 bits per heavy atom. The number of ether oxygens (including phenoxy) is 3. The SMILES string of the molecule is CNC1c2cc(OC)ccc2CC1OCC1CCOC1. The molecular weight excluding hydrogens is 254 g/mol. The average Bonchev–Trinajstić information content (AvgIpc) is 3.11. The van der Waals surface area contributed by atoms with Gasteiger partial charge in [0.15, 0.2) is 0 Å². The van der Waals surface area contributed by atoms with Crippen molar-refractivity contribution in [2.24, 2.45) is 5.92 Å². The van der Waals surface area contributed by atoms with Gasteiger partial charge in [-0.25, -0.2) is 0 Å². The van der Waals surface area contributed by atoms with E-state index in [0.29, 0.717) is 5.92 Å². The first-order chi connectivity index (χ1) is 9.81. The molecule has 4 nitrogen and oxygen atoms in total. The molecule has 4 heteroatoms. The van der Waals surface area contributed by atoms with Crippen molar-refractivity contribution in [3.63, 3.8) is 0 Å². The Morgan fingerprint density at radius 2 is 2.30 bits per heavy atom. The highest BCUT2D eigenvalue weighted by Crippen LogP contribution is 2.35. The monoisotopic (exact) mass is 277 g/mol. The molecule has 0 aromatic heterocycles. The van der Waals surface area contributed by atoms with E-state index in [1.807, 2.05) is 13.1 Å². The van der Waals surface area contributed by atoms with Crippen LogP contribution in [-0.2, 0) is 15.9 Å². The summed E-state index contributed by atoms with van der Waals surface area (Å²) < 4.78 is 16.9. The Labute approximate surface area is 120 Å². The lowest BCUT2D eigenvalue weighted by Gasteiger charge is -2.22. The number of fused-ring (bicyclic) bond motifs is 1. The number of rotatable bonds is 5. The summed E-state index contributed by atoms with van der Waals surface area (Å²) in [4.78, 5) is 0. The summed E-state index contributed by atoms with van der Waals surface area (Å²) in [6.07, 6.45) is 2.30.